The van der Waals surface area contributed by atoms with E-state index in [-0.39, 0.29) is 32.0 Å². The number of aliphatic hydroxyl groups excluding tert-OH is 4. The number of ether oxygens (including phenoxy) is 4. The molecule has 1 saturated heterocycles. The molecule has 0 unspecified atom stereocenters. The fourth-order valence-electron chi connectivity index (χ4n) is 3.95. The lowest BCUT2D eigenvalue weighted by atomic mass is 9.99. The summed E-state index contributed by atoms with van der Waals surface area (Å²) in [5.74, 6) is -0.833. The summed E-state index contributed by atoms with van der Waals surface area (Å²) >= 11 is 0. The average molecular weight is 521 g/mol. The number of esters is 2. The monoisotopic (exact) mass is 520 g/mol. The van der Waals surface area contributed by atoms with Gasteiger partial charge in [0.05, 0.1) is 13.2 Å². The molecule has 0 aromatic rings. The van der Waals surface area contributed by atoms with Crippen LogP contribution in [0.15, 0.2) is 0 Å². The molecule has 0 radical (unpaired) electrons. The molecule has 0 spiro atoms. The molecule has 0 saturated carbocycles. The van der Waals surface area contributed by atoms with Gasteiger partial charge in [-0.25, -0.2) is 0 Å². The van der Waals surface area contributed by atoms with E-state index >= 15 is 0 Å². The fraction of sp³-hybridized carbons (Fsp3) is 0.923. The molecule has 36 heavy (non-hydrogen) atoms. The van der Waals surface area contributed by atoms with Gasteiger partial charge in [-0.15, -0.1) is 0 Å². The lowest BCUT2D eigenvalue weighted by molar-refractivity contribution is -0.305. The molecule has 1 aliphatic heterocycles. The smallest absolute Gasteiger partial charge is 0.306 e. The second-order valence-corrected chi connectivity index (χ2v) is 9.51. The maximum atomic E-state index is 12.3. The maximum absolute atomic E-state index is 12.3. The zero-order valence-electron chi connectivity index (χ0n) is 22.0. The fourth-order valence-corrected chi connectivity index (χ4v) is 3.95. The van der Waals surface area contributed by atoms with Gasteiger partial charge in [0.1, 0.15) is 31.0 Å². The predicted octanol–water partition coefficient (Wildman–Crippen LogP) is 2.37. The molecule has 1 fully saturated rings. The summed E-state index contributed by atoms with van der Waals surface area (Å²) < 4.78 is 21.6. The Hall–Kier alpha value is -1.30. The van der Waals surface area contributed by atoms with Gasteiger partial charge in [-0.3, -0.25) is 9.59 Å². The summed E-state index contributed by atoms with van der Waals surface area (Å²) in [5.41, 5.74) is 0. The molecule has 1 rings (SSSR count). The van der Waals surface area contributed by atoms with Crippen molar-refractivity contribution in [2.24, 2.45) is 0 Å². The number of carbonyl (C=O) groups excluding carboxylic acids is 2. The minimum atomic E-state index is -1.58. The van der Waals surface area contributed by atoms with Crippen molar-refractivity contribution in [1.82, 2.24) is 0 Å². The largest absolute Gasteiger partial charge is 0.462 e. The Morgan fingerprint density at radius 2 is 1.31 bits per heavy atom. The second-order valence-electron chi connectivity index (χ2n) is 9.51. The van der Waals surface area contributed by atoms with Gasteiger partial charge in [0.2, 0.25) is 0 Å². The van der Waals surface area contributed by atoms with E-state index in [4.69, 9.17) is 18.9 Å². The van der Waals surface area contributed by atoms with E-state index in [1.165, 1.54) is 6.42 Å². The number of hydrogen-bond acceptors (Lipinski definition) is 10. The van der Waals surface area contributed by atoms with Crippen molar-refractivity contribution in [1.29, 1.82) is 0 Å². The highest BCUT2D eigenvalue weighted by Crippen LogP contribution is 2.22. The van der Waals surface area contributed by atoms with Gasteiger partial charge in [-0.05, 0) is 12.8 Å². The molecule has 10 heteroatoms. The van der Waals surface area contributed by atoms with E-state index in [2.05, 4.69) is 13.8 Å². The number of rotatable bonds is 20. The van der Waals surface area contributed by atoms with Gasteiger partial charge in [-0.2, -0.15) is 0 Å². The minimum Gasteiger partial charge on any atom is -0.462 e. The molecule has 0 aliphatic carbocycles. The van der Waals surface area contributed by atoms with Crippen LogP contribution in [0.1, 0.15) is 97.3 Å². The summed E-state index contributed by atoms with van der Waals surface area (Å²) in [5, 5.41) is 39.3. The molecule has 1 aliphatic rings. The molecule has 0 amide bonds. The topological polar surface area (TPSA) is 152 Å². The predicted molar refractivity (Wildman–Crippen MR) is 132 cm³/mol. The lowest BCUT2D eigenvalue weighted by Crippen LogP contribution is -2.59. The standard InChI is InChI=1S/C26H48O10/c1-3-5-7-9-11-12-14-21(28)33-17-19(35-22(29)15-13-10-8-6-4-2)18-34-26-25(32)24(31)23(30)20(16-27)36-26/h19-20,23-27,30-32H,3-18H2,1-2H3/t19-,20-,23+,24+,25-,26-/m1/s1. The van der Waals surface area contributed by atoms with Crippen LogP contribution in [0.5, 0.6) is 0 Å². The van der Waals surface area contributed by atoms with Crippen molar-refractivity contribution in [2.75, 3.05) is 19.8 Å². The third kappa shape index (κ3) is 13.3. The van der Waals surface area contributed by atoms with Crippen molar-refractivity contribution in [2.45, 2.75) is 134 Å². The van der Waals surface area contributed by atoms with Crippen LogP contribution in [0, 0.1) is 0 Å². The van der Waals surface area contributed by atoms with Crippen LogP contribution in [-0.2, 0) is 28.5 Å². The first-order valence-electron chi connectivity index (χ1n) is 13.6. The van der Waals surface area contributed by atoms with E-state index in [1.54, 1.807) is 0 Å². The van der Waals surface area contributed by atoms with E-state index in [0.29, 0.717) is 6.42 Å². The highest BCUT2D eigenvalue weighted by molar-refractivity contribution is 5.70. The van der Waals surface area contributed by atoms with Gasteiger partial charge in [0, 0.05) is 12.8 Å². The molecule has 6 atom stereocenters. The molecule has 4 N–H and O–H groups in total. The number of aliphatic hydroxyl groups is 4. The first-order chi connectivity index (χ1) is 17.3. The Labute approximate surface area is 215 Å². The molecule has 1 heterocycles. The van der Waals surface area contributed by atoms with Crippen LogP contribution in [0.25, 0.3) is 0 Å². The number of carbonyl (C=O) groups is 2. The van der Waals surface area contributed by atoms with Crippen LogP contribution >= 0.6 is 0 Å². The molecule has 10 nitrogen and oxygen atoms in total. The number of hydrogen-bond donors (Lipinski definition) is 4. The minimum absolute atomic E-state index is 0.215. The zero-order chi connectivity index (χ0) is 26.8. The van der Waals surface area contributed by atoms with Crippen LogP contribution in [0.2, 0.25) is 0 Å². The Morgan fingerprint density at radius 3 is 1.89 bits per heavy atom. The summed E-state index contributed by atoms with van der Waals surface area (Å²) in [4.78, 5) is 24.5. The Balaban J connectivity index is 2.56. The molecule has 0 aromatic heterocycles. The summed E-state index contributed by atoms with van der Waals surface area (Å²) in [6.45, 7) is 3.19. The van der Waals surface area contributed by atoms with E-state index < -0.39 is 49.4 Å². The van der Waals surface area contributed by atoms with Gasteiger partial charge < -0.3 is 39.4 Å². The SMILES string of the molecule is CCCCCCCCC(=O)OC[C@H](CO[C@@H]1O[C@H](CO)[C@H](O)[C@H](O)[C@H]1O)OC(=O)CCCCCCC. The van der Waals surface area contributed by atoms with Crippen molar-refractivity contribution < 1.29 is 49.0 Å². The first kappa shape index (κ1) is 32.7. The van der Waals surface area contributed by atoms with Gasteiger partial charge in [0.25, 0.3) is 0 Å². The first-order valence-corrected chi connectivity index (χ1v) is 13.6. The molecule has 0 bridgehead atoms. The lowest BCUT2D eigenvalue weighted by Gasteiger charge is -2.39. The van der Waals surface area contributed by atoms with Crippen molar-refractivity contribution in [3.05, 3.63) is 0 Å². The van der Waals surface area contributed by atoms with Crippen molar-refractivity contribution in [3.8, 4) is 0 Å². The van der Waals surface area contributed by atoms with E-state index in [9.17, 15) is 30.0 Å². The normalized spacial score (nSPS) is 24.9. The van der Waals surface area contributed by atoms with Gasteiger partial charge >= 0.3 is 11.9 Å². The van der Waals surface area contributed by atoms with Crippen LogP contribution in [0.3, 0.4) is 0 Å². The molecular weight excluding hydrogens is 472 g/mol. The Morgan fingerprint density at radius 1 is 0.750 bits per heavy atom. The maximum Gasteiger partial charge on any atom is 0.306 e. The average Bonchev–Trinajstić information content (AvgIpc) is 2.87. The zero-order valence-corrected chi connectivity index (χ0v) is 22.0. The van der Waals surface area contributed by atoms with Gasteiger partial charge in [-0.1, -0.05) is 71.6 Å². The molecular formula is C26H48O10. The van der Waals surface area contributed by atoms with E-state index in [0.717, 1.165) is 57.8 Å². The van der Waals surface area contributed by atoms with Crippen LogP contribution < -0.4 is 0 Å². The van der Waals surface area contributed by atoms with Crippen LogP contribution in [-0.4, -0.2) is 89.0 Å². The number of unbranched alkanes of at least 4 members (excludes halogenated alkanes) is 9. The highest BCUT2D eigenvalue weighted by Gasteiger charge is 2.44. The van der Waals surface area contributed by atoms with Crippen LogP contribution in [0.4, 0.5) is 0 Å². The van der Waals surface area contributed by atoms with Crippen molar-refractivity contribution >= 4 is 11.9 Å². The van der Waals surface area contributed by atoms with Gasteiger partial charge in [0.15, 0.2) is 12.4 Å². The third-order valence-corrected chi connectivity index (χ3v) is 6.24. The summed E-state index contributed by atoms with van der Waals surface area (Å²) in [6, 6.07) is 0. The van der Waals surface area contributed by atoms with Crippen molar-refractivity contribution in [3.63, 3.8) is 0 Å². The Kier molecular flexibility index (Phi) is 18.0. The van der Waals surface area contributed by atoms with E-state index in [1.807, 2.05) is 0 Å². The molecule has 212 valence electrons. The third-order valence-electron chi connectivity index (χ3n) is 6.24. The Bertz CT molecular complexity index is 585. The quantitative estimate of drug-likeness (QED) is 0.139. The molecule has 0 aromatic carbocycles. The summed E-state index contributed by atoms with van der Waals surface area (Å²) in [6.07, 6.45) is 3.54. The highest BCUT2D eigenvalue weighted by atomic mass is 16.7. The summed E-state index contributed by atoms with van der Waals surface area (Å²) in [7, 11) is 0. The second kappa shape index (κ2) is 19.8.